The van der Waals surface area contributed by atoms with Crippen molar-refractivity contribution in [1.29, 1.82) is 0 Å². The van der Waals surface area contributed by atoms with E-state index in [1.807, 2.05) is 19.9 Å². The molecule has 2 aromatic heterocycles. The third-order valence-corrected chi connectivity index (χ3v) is 3.06. The van der Waals surface area contributed by atoms with Gasteiger partial charge in [-0.05, 0) is 48.0 Å². The van der Waals surface area contributed by atoms with E-state index in [1.54, 1.807) is 23.0 Å². The first-order chi connectivity index (χ1) is 8.56. The predicted octanol–water partition coefficient (Wildman–Crippen LogP) is 2.30. The molecule has 0 aliphatic heterocycles. The maximum Gasteiger partial charge on any atom is 0.246 e. The van der Waals surface area contributed by atoms with E-state index in [-0.39, 0.29) is 12.5 Å². The third kappa shape index (κ3) is 2.95. The minimum Gasteiger partial charge on any atom is -0.322 e. The molecule has 0 saturated carbocycles. The number of pyridine rings is 1. The summed E-state index contributed by atoms with van der Waals surface area (Å²) in [7, 11) is 0. The third-order valence-electron chi connectivity index (χ3n) is 2.43. The summed E-state index contributed by atoms with van der Waals surface area (Å²) >= 11 is 3.28. The number of carbonyl (C=O) groups excluding carboxylic acids is 1. The zero-order valence-electron chi connectivity index (χ0n) is 10.1. The van der Waals surface area contributed by atoms with Gasteiger partial charge in [-0.25, -0.2) is 4.98 Å². The summed E-state index contributed by atoms with van der Waals surface area (Å²) in [5, 5.41) is 7.03. The van der Waals surface area contributed by atoms with Crippen LogP contribution in [0.25, 0.3) is 0 Å². The highest BCUT2D eigenvalue weighted by Crippen LogP contribution is 2.18. The van der Waals surface area contributed by atoms with Crippen LogP contribution < -0.4 is 5.32 Å². The van der Waals surface area contributed by atoms with Crippen molar-refractivity contribution in [3.8, 4) is 0 Å². The maximum atomic E-state index is 11.9. The lowest BCUT2D eigenvalue weighted by Gasteiger charge is -2.07. The molecular formula is C12H13BrN4O. The lowest BCUT2D eigenvalue weighted by atomic mass is 10.4. The number of hydrogen-bond donors (Lipinski definition) is 1. The van der Waals surface area contributed by atoms with Crippen molar-refractivity contribution in [3.05, 3.63) is 40.4 Å². The summed E-state index contributed by atoms with van der Waals surface area (Å²) in [5.74, 6) is -0.130. The monoisotopic (exact) mass is 308 g/mol. The minimum absolute atomic E-state index is 0.130. The molecule has 94 valence electrons. The van der Waals surface area contributed by atoms with Crippen molar-refractivity contribution >= 4 is 27.5 Å². The number of nitrogens with zero attached hydrogens (tertiary/aromatic N) is 3. The molecule has 0 unspecified atom stereocenters. The van der Waals surface area contributed by atoms with Crippen LogP contribution in [0.15, 0.2) is 29.0 Å². The summed E-state index contributed by atoms with van der Waals surface area (Å²) in [5.41, 5.74) is 2.53. The molecule has 6 heteroatoms. The van der Waals surface area contributed by atoms with Crippen LogP contribution in [0.5, 0.6) is 0 Å². The number of nitrogens with one attached hydrogen (secondary N) is 1. The normalized spacial score (nSPS) is 10.4. The molecule has 0 spiro atoms. The Bertz CT molecular complexity index is 579. The second-order valence-electron chi connectivity index (χ2n) is 3.97. The lowest BCUT2D eigenvalue weighted by Crippen LogP contribution is -2.20. The van der Waals surface area contributed by atoms with Crippen LogP contribution in [-0.2, 0) is 11.3 Å². The summed E-state index contributed by atoms with van der Waals surface area (Å²) in [6.07, 6.45) is 1.65. The van der Waals surface area contributed by atoms with Gasteiger partial charge in [-0.3, -0.25) is 9.48 Å². The fourth-order valence-electron chi connectivity index (χ4n) is 1.64. The molecule has 5 nitrogen and oxygen atoms in total. The number of hydrogen-bond acceptors (Lipinski definition) is 3. The first-order valence-electron chi connectivity index (χ1n) is 5.47. The Balaban J connectivity index is 2.06. The van der Waals surface area contributed by atoms with Gasteiger partial charge in [0, 0.05) is 11.9 Å². The molecular weight excluding hydrogens is 296 g/mol. The molecule has 2 rings (SSSR count). The van der Waals surface area contributed by atoms with Crippen molar-refractivity contribution in [2.24, 2.45) is 0 Å². The van der Waals surface area contributed by atoms with Gasteiger partial charge in [-0.15, -0.1) is 0 Å². The van der Waals surface area contributed by atoms with Crippen LogP contribution >= 0.6 is 15.9 Å². The smallest absolute Gasteiger partial charge is 0.246 e. The average Bonchev–Trinajstić information content (AvgIpc) is 2.61. The fraction of sp³-hybridized carbons (Fsp3) is 0.250. The molecule has 0 saturated heterocycles. The molecule has 0 aromatic carbocycles. The average molecular weight is 309 g/mol. The highest BCUT2D eigenvalue weighted by molar-refractivity contribution is 9.10. The van der Waals surface area contributed by atoms with Crippen molar-refractivity contribution in [3.63, 3.8) is 0 Å². The predicted molar refractivity (Wildman–Crippen MR) is 72.3 cm³/mol. The van der Waals surface area contributed by atoms with Crippen LogP contribution in [0.2, 0.25) is 0 Å². The number of anilines is 1. The SMILES string of the molecule is Cc1cc(C)n(CC(=O)Nc2cccnc2Br)n1. The quantitative estimate of drug-likeness (QED) is 0.885. The number of amides is 1. The van der Waals surface area contributed by atoms with Gasteiger partial charge in [0.2, 0.25) is 5.91 Å². The lowest BCUT2D eigenvalue weighted by molar-refractivity contribution is -0.116. The van der Waals surface area contributed by atoms with Crippen molar-refractivity contribution in [1.82, 2.24) is 14.8 Å². The Morgan fingerprint density at radius 2 is 2.28 bits per heavy atom. The van der Waals surface area contributed by atoms with Crippen LogP contribution in [-0.4, -0.2) is 20.7 Å². The minimum atomic E-state index is -0.130. The fourth-order valence-corrected chi connectivity index (χ4v) is 1.99. The second kappa shape index (κ2) is 5.30. The summed E-state index contributed by atoms with van der Waals surface area (Å²) in [4.78, 5) is 15.9. The Morgan fingerprint density at radius 3 is 2.89 bits per heavy atom. The molecule has 0 bridgehead atoms. The Hall–Kier alpha value is -1.69. The van der Waals surface area contributed by atoms with Crippen molar-refractivity contribution in [2.45, 2.75) is 20.4 Å². The van der Waals surface area contributed by atoms with Crippen LogP contribution in [0, 0.1) is 13.8 Å². The van der Waals surface area contributed by atoms with Gasteiger partial charge in [-0.2, -0.15) is 5.10 Å². The molecule has 2 aromatic rings. The van der Waals surface area contributed by atoms with Gasteiger partial charge in [0.25, 0.3) is 0 Å². The molecule has 0 aliphatic carbocycles. The summed E-state index contributed by atoms with van der Waals surface area (Å²) < 4.78 is 2.29. The second-order valence-corrected chi connectivity index (χ2v) is 4.73. The molecule has 0 aliphatic rings. The van der Waals surface area contributed by atoms with E-state index in [9.17, 15) is 4.79 Å². The van der Waals surface area contributed by atoms with E-state index in [0.717, 1.165) is 11.4 Å². The number of halogens is 1. The number of aryl methyl sites for hydroxylation is 2. The zero-order chi connectivity index (χ0) is 13.1. The van der Waals surface area contributed by atoms with Crippen LogP contribution in [0.1, 0.15) is 11.4 Å². The van der Waals surface area contributed by atoms with E-state index < -0.39 is 0 Å². The van der Waals surface area contributed by atoms with E-state index in [1.165, 1.54) is 0 Å². The van der Waals surface area contributed by atoms with Crippen LogP contribution in [0.3, 0.4) is 0 Å². The van der Waals surface area contributed by atoms with E-state index >= 15 is 0 Å². The standard InChI is InChI=1S/C12H13BrN4O/c1-8-6-9(2)17(16-8)7-11(18)15-10-4-3-5-14-12(10)13/h3-6H,7H2,1-2H3,(H,15,18). The number of rotatable bonds is 3. The van der Waals surface area contributed by atoms with Crippen molar-refractivity contribution < 1.29 is 4.79 Å². The number of aromatic nitrogens is 3. The van der Waals surface area contributed by atoms with Gasteiger partial charge >= 0.3 is 0 Å². The molecule has 0 atom stereocenters. The first-order valence-corrected chi connectivity index (χ1v) is 6.27. The summed E-state index contributed by atoms with van der Waals surface area (Å²) in [6, 6.07) is 5.49. The van der Waals surface area contributed by atoms with Gasteiger partial charge in [0.1, 0.15) is 11.1 Å². The largest absolute Gasteiger partial charge is 0.322 e. The molecule has 0 radical (unpaired) electrons. The topological polar surface area (TPSA) is 59.8 Å². The molecule has 1 amide bonds. The molecule has 0 fully saturated rings. The van der Waals surface area contributed by atoms with Gasteiger partial charge in [-0.1, -0.05) is 0 Å². The van der Waals surface area contributed by atoms with Gasteiger partial charge in [0.15, 0.2) is 0 Å². The molecule has 18 heavy (non-hydrogen) atoms. The Kier molecular flexibility index (Phi) is 3.76. The van der Waals surface area contributed by atoms with Crippen molar-refractivity contribution in [2.75, 3.05) is 5.32 Å². The zero-order valence-corrected chi connectivity index (χ0v) is 11.7. The highest BCUT2D eigenvalue weighted by atomic mass is 79.9. The maximum absolute atomic E-state index is 11.9. The van der Waals surface area contributed by atoms with Gasteiger partial charge < -0.3 is 5.32 Å². The van der Waals surface area contributed by atoms with Crippen LogP contribution in [0.4, 0.5) is 5.69 Å². The Labute approximate surface area is 113 Å². The summed E-state index contributed by atoms with van der Waals surface area (Å²) in [6.45, 7) is 4.02. The first kappa shape index (κ1) is 12.8. The van der Waals surface area contributed by atoms with E-state index in [4.69, 9.17) is 0 Å². The molecule has 1 N–H and O–H groups in total. The van der Waals surface area contributed by atoms with E-state index in [0.29, 0.717) is 10.3 Å². The van der Waals surface area contributed by atoms with E-state index in [2.05, 4.69) is 31.3 Å². The Morgan fingerprint density at radius 1 is 1.50 bits per heavy atom. The molecule has 2 heterocycles. The number of carbonyl (C=O) groups is 1. The van der Waals surface area contributed by atoms with Gasteiger partial charge in [0.05, 0.1) is 11.4 Å². The highest BCUT2D eigenvalue weighted by Gasteiger charge is 2.09.